The van der Waals surface area contributed by atoms with Crippen LogP contribution in [0.4, 0.5) is 0 Å². The van der Waals surface area contributed by atoms with Gasteiger partial charge in [0, 0.05) is 4.90 Å². The van der Waals surface area contributed by atoms with E-state index in [1.807, 2.05) is 24.3 Å². The summed E-state index contributed by atoms with van der Waals surface area (Å²) in [7, 11) is 0. The van der Waals surface area contributed by atoms with E-state index in [0.717, 1.165) is 50.4 Å². The smallest absolute Gasteiger partial charge is 0.119 e. The lowest BCUT2D eigenvalue weighted by atomic mass is 10.1. The molecule has 0 aliphatic carbocycles. The zero-order valence-corrected chi connectivity index (χ0v) is 21.4. The van der Waals surface area contributed by atoms with Gasteiger partial charge in [0.05, 0.1) is 13.2 Å². The molecule has 3 aromatic rings. The van der Waals surface area contributed by atoms with Crippen molar-refractivity contribution in [3.8, 4) is 11.5 Å². The van der Waals surface area contributed by atoms with Gasteiger partial charge in [0.1, 0.15) is 11.5 Å². The lowest BCUT2D eigenvalue weighted by molar-refractivity contribution is 0.309. The second-order valence-corrected chi connectivity index (χ2v) is 9.06. The number of benzene rings is 3. The van der Waals surface area contributed by atoms with Gasteiger partial charge in [0.15, 0.2) is 0 Å². The number of ether oxygens (including phenoxy) is 2. The van der Waals surface area contributed by atoms with Crippen LogP contribution in [-0.4, -0.2) is 19.5 Å². The van der Waals surface area contributed by atoms with Crippen LogP contribution < -0.4 is 9.47 Å². The fraction of sp³-hybridized carbons (Fsp3) is 0.290. The Balaban J connectivity index is 1.61. The normalized spacial score (nSPS) is 11.4. The molecule has 0 radical (unpaired) electrons. The molecule has 3 rings (SSSR count). The highest BCUT2D eigenvalue weighted by Gasteiger charge is 2.01. The molecule has 0 aliphatic rings. The van der Waals surface area contributed by atoms with Crippen molar-refractivity contribution in [3.05, 3.63) is 89.0 Å². The first-order valence-corrected chi connectivity index (χ1v) is 13.4. The third kappa shape index (κ3) is 8.46. The summed E-state index contributed by atoms with van der Waals surface area (Å²) in [6.07, 6.45) is 15.2. The highest BCUT2D eigenvalue weighted by molar-refractivity contribution is 7.98. The summed E-state index contributed by atoms with van der Waals surface area (Å²) in [6.45, 7) is 5.91. The number of unbranched alkanes of at least 4 members (excludes halogenated alkanes) is 2. The molecule has 0 fully saturated rings. The Labute approximate surface area is 209 Å². The number of hydrogen-bond acceptors (Lipinski definition) is 3. The molecule has 3 aromatic carbocycles. The van der Waals surface area contributed by atoms with E-state index < -0.39 is 0 Å². The summed E-state index contributed by atoms with van der Waals surface area (Å²) in [5.74, 6) is 1.87. The average Bonchev–Trinajstić information content (AvgIpc) is 2.88. The Hall–Kier alpha value is -2.91. The van der Waals surface area contributed by atoms with Crippen LogP contribution in [0.25, 0.3) is 24.3 Å². The maximum absolute atomic E-state index is 5.75. The molecule has 0 aromatic heterocycles. The van der Waals surface area contributed by atoms with Crippen molar-refractivity contribution in [2.45, 2.75) is 44.4 Å². The fourth-order valence-electron chi connectivity index (χ4n) is 3.37. The highest BCUT2D eigenvalue weighted by atomic mass is 32.2. The van der Waals surface area contributed by atoms with E-state index in [1.54, 1.807) is 11.8 Å². The van der Waals surface area contributed by atoms with Crippen molar-refractivity contribution in [2.24, 2.45) is 0 Å². The molecule has 0 atom stereocenters. The molecule has 34 heavy (non-hydrogen) atoms. The predicted molar refractivity (Wildman–Crippen MR) is 150 cm³/mol. The van der Waals surface area contributed by atoms with Gasteiger partial charge in [-0.25, -0.2) is 0 Å². The molecule has 0 spiro atoms. The molecule has 178 valence electrons. The molecule has 3 heteroatoms. The van der Waals surface area contributed by atoms with Crippen LogP contribution in [0.5, 0.6) is 11.5 Å². The molecule has 2 nitrogen and oxygen atoms in total. The largest absolute Gasteiger partial charge is 0.494 e. The van der Waals surface area contributed by atoms with E-state index in [1.165, 1.54) is 27.1 Å². The minimum atomic E-state index is 0.780. The van der Waals surface area contributed by atoms with Gasteiger partial charge in [0.2, 0.25) is 0 Å². The number of thioether (sulfide) groups is 1. The Bertz CT molecular complexity index is 1050. The van der Waals surface area contributed by atoms with Crippen LogP contribution in [0, 0.1) is 0 Å². The first kappa shape index (κ1) is 25.7. The van der Waals surface area contributed by atoms with Gasteiger partial charge in [0.25, 0.3) is 0 Å². The van der Waals surface area contributed by atoms with Crippen molar-refractivity contribution in [1.82, 2.24) is 0 Å². The predicted octanol–water partition coefficient (Wildman–Crippen LogP) is 9.11. The van der Waals surface area contributed by atoms with Crippen molar-refractivity contribution in [2.75, 3.05) is 19.5 Å². The Kier molecular flexibility index (Phi) is 10.9. The van der Waals surface area contributed by atoms with E-state index >= 15 is 0 Å². The standard InChI is InChI=1S/C31H36O2S/c1-4-6-22-32-29-18-12-25(13-19-29)8-9-27-11-17-28(31(24-27)34-3)16-10-26-14-20-30(21-15-26)33-23-7-5-2/h8-21,24H,4-7,22-23H2,1-3H3. The van der Waals surface area contributed by atoms with Crippen LogP contribution in [-0.2, 0) is 0 Å². The third-order valence-corrected chi connectivity index (χ3v) is 6.27. The van der Waals surface area contributed by atoms with Gasteiger partial charge in [-0.2, -0.15) is 0 Å². The lowest BCUT2D eigenvalue weighted by Gasteiger charge is -2.06. The highest BCUT2D eigenvalue weighted by Crippen LogP contribution is 2.25. The average molecular weight is 473 g/mol. The summed E-state index contributed by atoms with van der Waals surface area (Å²) in [4.78, 5) is 1.26. The lowest BCUT2D eigenvalue weighted by Crippen LogP contribution is -1.95. The van der Waals surface area contributed by atoms with E-state index in [0.29, 0.717) is 0 Å². The van der Waals surface area contributed by atoms with E-state index in [9.17, 15) is 0 Å². The van der Waals surface area contributed by atoms with Gasteiger partial charge in [-0.1, -0.05) is 87.4 Å². The third-order valence-electron chi connectivity index (χ3n) is 5.47. The summed E-state index contributed by atoms with van der Waals surface area (Å²) >= 11 is 1.77. The van der Waals surface area contributed by atoms with Gasteiger partial charge in [-0.3, -0.25) is 0 Å². The van der Waals surface area contributed by atoms with Crippen molar-refractivity contribution in [1.29, 1.82) is 0 Å². The molecule has 0 saturated carbocycles. The summed E-state index contributed by atoms with van der Waals surface area (Å²) in [5, 5.41) is 0. The molecular weight excluding hydrogens is 436 g/mol. The quantitative estimate of drug-likeness (QED) is 0.140. The first-order chi connectivity index (χ1) is 16.7. The molecule has 0 unspecified atom stereocenters. The van der Waals surface area contributed by atoms with Crippen molar-refractivity contribution in [3.63, 3.8) is 0 Å². The topological polar surface area (TPSA) is 18.5 Å². The van der Waals surface area contributed by atoms with Gasteiger partial charge in [-0.15, -0.1) is 11.8 Å². The molecule has 0 N–H and O–H groups in total. The summed E-state index contributed by atoms with van der Waals surface area (Å²) in [6, 6.07) is 23.2. The summed E-state index contributed by atoms with van der Waals surface area (Å²) < 4.78 is 11.5. The molecule has 0 amide bonds. The Morgan fingerprint density at radius 2 is 1.09 bits per heavy atom. The van der Waals surface area contributed by atoms with Gasteiger partial charge < -0.3 is 9.47 Å². The molecule has 0 saturated heterocycles. The van der Waals surface area contributed by atoms with E-state index in [-0.39, 0.29) is 0 Å². The summed E-state index contributed by atoms with van der Waals surface area (Å²) in [5.41, 5.74) is 4.75. The maximum atomic E-state index is 5.75. The van der Waals surface area contributed by atoms with Crippen LogP contribution in [0.1, 0.15) is 61.8 Å². The monoisotopic (exact) mass is 472 g/mol. The fourth-order valence-corrected chi connectivity index (χ4v) is 3.99. The first-order valence-electron chi connectivity index (χ1n) is 12.2. The second kappa shape index (κ2) is 14.4. The number of hydrogen-bond donors (Lipinski definition) is 0. The minimum absolute atomic E-state index is 0.780. The number of rotatable bonds is 13. The van der Waals surface area contributed by atoms with E-state index in [4.69, 9.17) is 9.47 Å². The van der Waals surface area contributed by atoms with E-state index in [2.05, 4.69) is 86.9 Å². The second-order valence-electron chi connectivity index (χ2n) is 8.21. The molecule has 0 aliphatic heterocycles. The molecular formula is C31H36O2S. The SMILES string of the molecule is CCCCOc1ccc(C=Cc2ccc(C=Cc3ccc(OCCCC)cc3)c(SC)c2)cc1. The Morgan fingerprint density at radius 1 is 0.618 bits per heavy atom. The zero-order chi connectivity index (χ0) is 24.0. The van der Waals surface area contributed by atoms with Crippen molar-refractivity contribution < 1.29 is 9.47 Å². The maximum Gasteiger partial charge on any atom is 0.119 e. The Morgan fingerprint density at radius 3 is 1.59 bits per heavy atom. The van der Waals surface area contributed by atoms with Crippen LogP contribution in [0.3, 0.4) is 0 Å². The van der Waals surface area contributed by atoms with Crippen LogP contribution in [0.15, 0.2) is 71.6 Å². The zero-order valence-electron chi connectivity index (χ0n) is 20.6. The van der Waals surface area contributed by atoms with Crippen LogP contribution >= 0.6 is 11.8 Å². The van der Waals surface area contributed by atoms with Crippen LogP contribution in [0.2, 0.25) is 0 Å². The van der Waals surface area contributed by atoms with Crippen molar-refractivity contribution >= 4 is 36.1 Å². The van der Waals surface area contributed by atoms with Gasteiger partial charge >= 0.3 is 0 Å². The van der Waals surface area contributed by atoms with Gasteiger partial charge in [-0.05, 0) is 71.7 Å². The molecule has 0 bridgehead atoms. The molecule has 0 heterocycles. The minimum Gasteiger partial charge on any atom is -0.494 e.